The van der Waals surface area contributed by atoms with E-state index in [1.165, 1.54) is 6.33 Å². The van der Waals surface area contributed by atoms with E-state index in [4.69, 9.17) is 16.3 Å². The lowest BCUT2D eigenvalue weighted by Gasteiger charge is -2.12. The Labute approximate surface area is 126 Å². The molecular formula is C14H14ClN5O. The van der Waals surface area contributed by atoms with Crippen LogP contribution < -0.4 is 10.1 Å². The molecule has 7 heteroatoms. The van der Waals surface area contributed by atoms with Crippen LogP contribution in [0, 0.1) is 6.92 Å². The number of hydrogen-bond acceptors (Lipinski definition) is 5. The minimum atomic E-state index is 0.402. The number of anilines is 2. The largest absolute Gasteiger partial charge is 0.494 e. The minimum absolute atomic E-state index is 0.402. The first-order valence-electron chi connectivity index (χ1n) is 6.54. The number of benzene rings is 1. The summed E-state index contributed by atoms with van der Waals surface area (Å²) in [4.78, 5) is 8.24. The third kappa shape index (κ3) is 2.62. The maximum atomic E-state index is 6.14. The van der Waals surface area contributed by atoms with Crippen molar-refractivity contribution < 1.29 is 4.74 Å². The fraction of sp³-hybridized carbons (Fsp3) is 0.214. The van der Waals surface area contributed by atoms with E-state index in [0.717, 1.165) is 22.8 Å². The highest BCUT2D eigenvalue weighted by atomic mass is 35.5. The maximum Gasteiger partial charge on any atom is 0.255 e. The fourth-order valence-electron chi connectivity index (χ4n) is 2.01. The van der Waals surface area contributed by atoms with Crippen molar-refractivity contribution in [2.24, 2.45) is 0 Å². The molecule has 0 saturated carbocycles. The first-order valence-corrected chi connectivity index (χ1v) is 6.92. The molecule has 0 aliphatic carbocycles. The summed E-state index contributed by atoms with van der Waals surface area (Å²) >= 11 is 6.14. The van der Waals surface area contributed by atoms with Crippen molar-refractivity contribution in [3.8, 4) is 5.75 Å². The lowest BCUT2D eigenvalue weighted by Crippen LogP contribution is -2.05. The van der Waals surface area contributed by atoms with E-state index >= 15 is 0 Å². The monoisotopic (exact) mass is 303 g/mol. The summed E-state index contributed by atoms with van der Waals surface area (Å²) < 4.78 is 7.12. The van der Waals surface area contributed by atoms with Crippen LogP contribution in [0.2, 0.25) is 5.15 Å². The second-order valence-corrected chi connectivity index (χ2v) is 4.79. The molecule has 2 heterocycles. The molecular weight excluding hydrogens is 290 g/mol. The van der Waals surface area contributed by atoms with Crippen LogP contribution in [-0.4, -0.2) is 26.2 Å². The summed E-state index contributed by atoms with van der Waals surface area (Å²) in [5, 5.41) is 7.86. The molecule has 0 spiro atoms. The van der Waals surface area contributed by atoms with Crippen molar-refractivity contribution in [3.05, 3.63) is 41.3 Å². The predicted octanol–water partition coefficient (Wildman–Crippen LogP) is 3.23. The van der Waals surface area contributed by atoms with Crippen molar-refractivity contribution in [1.82, 2.24) is 19.6 Å². The Morgan fingerprint density at radius 1 is 1.38 bits per heavy atom. The molecule has 1 N–H and O–H groups in total. The number of halogens is 1. The molecule has 1 aromatic carbocycles. The summed E-state index contributed by atoms with van der Waals surface area (Å²) in [6.07, 6.45) is 1.44. The summed E-state index contributed by atoms with van der Waals surface area (Å²) in [7, 11) is 0. The van der Waals surface area contributed by atoms with Crippen molar-refractivity contribution in [1.29, 1.82) is 0 Å². The SMILES string of the molecule is CCOc1cccc(Nc2c(C)c(Cl)nc3ncnn23)c1. The van der Waals surface area contributed by atoms with Gasteiger partial charge >= 0.3 is 0 Å². The minimum Gasteiger partial charge on any atom is -0.494 e. The summed E-state index contributed by atoms with van der Waals surface area (Å²) in [6.45, 7) is 4.45. The molecule has 0 bridgehead atoms. The van der Waals surface area contributed by atoms with Gasteiger partial charge in [-0.15, -0.1) is 0 Å². The summed E-state index contributed by atoms with van der Waals surface area (Å²) in [5.74, 6) is 1.99. The molecule has 21 heavy (non-hydrogen) atoms. The van der Waals surface area contributed by atoms with E-state index in [2.05, 4.69) is 20.4 Å². The van der Waals surface area contributed by atoms with Gasteiger partial charge in [-0.05, 0) is 26.0 Å². The molecule has 0 amide bonds. The van der Waals surface area contributed by atoms with Gasteiger partial charge in [0.1, 0.15) is 23.0 Å². The number of nitrogens with one attached hydrogen (secondary N) is 1. The van der Waals surface area contributed by atoms with Gasteiger partial charge in [0, 0.05) is 17.3 Å². The van der Waals surface area contributed by atoms with Gasteiger partial charge in [-0.3, -0.25) is 0 Å². The zero-order valence-electron chi connectivity index (χ0n) is 11.7. The van der Waals surface area contributed by atoms with E-state index < -0.39 is 0 Å². The molecule has 108 valence electrons. The molecule has 0 fully saturated rings. The van der Waals surface area contributed by atoms with E-state index in [1.807, 2.05) is 38.1 Å². The quantitative estimate of drug-likeness (QED) is 0.750. The fourth-order valence-corrected chi connectivity index (χ4v) is 2.18. The van der Waals surface area contributed by atoms with Gasteiger partial charge in [-0.1, -0.05) is 17.7 Å². The molecule has 6 nitrogen and oxygen atoms in total. The Hall–Kier alpha value is -2.34. The molecule has 0 atom stereocenters. The Morgan fingerprint density at radius 2 is 2.24 bits per heavy atom. The van der Waals surface area contributed by atoms with Gasteiger partial charge in [0.2, 0.25) is 0 Å². The molecule has 0 aliphatic rings. The van der Waals surface area contributed by atoms with Crippen molar-refractivity contribution in [2.45, 2.75) is 13.8 Å². The normalized spacial score (nSPS) is 10.8. The second kappa shape index (κ2) is 5.57. The van der Waals surface area contributed by atoms with Crippen LogP contribution >= 0.6 is 11.6 Å². The number of nitrogens with zero attached hydrogens (tertiary/aromatic N) is 4. The number of fused-ring (bicyclic) bond motifs is 1. The second-order valence-electron chi connectivity index (χ2n) is 4.43. The number of rotatable bonds is 4. The van der Waals surface area contributed by atoms with E-state index in [-0.39, 0.29) is 0 Å². The van der Waals surface area contributed by atoms with Crippen LogP contribution in [0.5, 0.6) is 5.75 Å². The van der Waals surface area contributed by atoms with E-state index in [1.54, 1.807) is 4.52 Å². The highest BCUT2D eigenvalue weighted by molar-refractivity contribution is 6.30. The first-order chi connectivity index (χ1) is 10.2. The Balaban J connectivity index is 2.03. The lowest BCUT2D eigenvalue weighted by molar-refractivity contribution is 0.340. The summed E-state index contributed by atoms with van der Waals surface area (Å²) in [5.41, 5.74) is 1.68. The van der Waals surface area contributed by atoms with Crippen molar-refractivity contribution in [2.75, 3.05) is 11.9 Å². The van der Waals surface area contributed by atoms with E-state index in [0.29, 0.717) is 17.5 Å². The number of ether oxygens (including phenoxy) is 1. The van der Waals surface area contributed by atoms with Crippen LogP contribution in [0.3, 0.4) is 0 Å². The zero-order valence-corrected chi connectivity index (χ0v) is 12.4. The Kier molecular flexibility index (Phi) is 3.62. The van der Waals surface area contributed by atoms with Crippen LogP contribution in [0.25, 0.3) is 5.78 Å². The van der Waals surface area contributed by atoms with Crippen LogP contribution in [0.4, 0.5) is 11.5 Å². The Morgan fingerprint density at radius 3 is 3.05 bits per heavy atom. The van der Waals surface area contributed by atoms with Crippen LogP contribution in [0.15, 0.2) is 30.6 Å². The molecule has 3 rings (SSSR count). The number of hydrogen-bond donors (Lipinski definition) is 1. The summed E-state index contributed by atoms with van der Waals surface area (Å²) in [6, 6.07) is 7.69. The van der Waals surface area contributed by atoms with Crippen LogP contribution in [-0.2, 0) is 0 Å². The van der Waals surface area contributed by atoms with Gasteiger partial charge in [0.25, 0.3) is 5.78 Å². The van der Waals surface area contributed by atoms with Crippen LogP contribution in [0.1, 0.15) is 12.5 Å². The van der Waals surface area contributed by atoms with Gasteiger partial charge in [-0.2, -0.15) is 19.6 Å². The number of aromatic nitrogens is 4. The van der Waals surface area contributed by atoms with E-state index in [9.17, 15) is 0 Å². The third-order valence-electron chi connectivity index (χ3n) is 3.01. The smallest absolute Gasteiger partial charge is 0.255 e. The molecule has 0 saturated heterocycles. The first kappa shape index (κ1) is 13.6. The van der Waals surface area contributed by atoms with Gasteiger partial charge < -0.3 is 10.1 Å². The lowest BCUT2D eigenvalue weighted by atomic mass is 10.2. The maximum absolute atomic E-state index is 6.14. The molecule has 3 aromatic rings. The topological polar surface area (TPSA) is 64.3 Å². The van der Waals surface area contributed by atoms with Gasteiger partial charge in [0.15, 0.2) is 0 Å². The standard InChI is InChI=1S/C14H14ClN5O/c1-3-21-11-6-4-5-10(7-11)18-13-9(2)12(15)19-14-16-8-17-20(13)14/h4-8,18H,3H2,1-2H3. The zero-order chi connectivity index (χ0) is 14.8. The molecule has 0 aliphatic heterocycles. The average Bonchev–Trinajstić information content (AvgIpc) is 2.92. The molecule has 0 radical (unpaired) electrons. The van der Waals surface area contributed by atoms with Crippen molar-refractivity contribution in [3.63, 3.8) is 0 Å². The van der Waals surface area contributed by atoms with Crippen molar-refractivity contribution >= 4 is 28.9 Å². The highest BCUT2D eigenvalue weighted by Gasteiger charge is 2.12. The third-order valence-corrected chi connectivity index (χ3v) is 3.38. The molecule has 2 aromatic heterocycles. The molecule has 0 unspecified atom stereocenters. The highest BCUT2D eigenvalue weighted by Crippen LogP contribution is 2.27. The predicted molar refractivity (Wildman–Crippen MR) is 81.4 cm³/mol. The van der Waals surface area contributed by atoms with Gasteiger partial charge in [0.05, 0.1) is 6.61 Å². The van der Waals surface area contributed by atoms with Gasteiger partial charge in [-0.25, -0.2) is 0 Å². The average molecular weight is 304 g/mol. The Bertz CT molecular complexity index is 786.